The van der Waals surface area contributed by atoms with E-state index < -0.39 is 44.6 Å². The summed E-state index contributed by atoms with van der Waals surface area (Å²) in [4.78, 5) is 24.5. The van der Waals surface area contributed by atoms with Gasteiger partial charge in [0.15, 0.2) is 12.3 Å². The summed E-state index contributed by atoms with van der Waals surface area (Å²) in [5.41, 5.74) is 4.75. The number of methoxy groups -OCH3 is 1. The Morgan fingerprint density at radius 2 is 2.23 bits per heavy atom. The highest BCUT2D eigenvalue weighted by molar-refractivity contribution is 7.32. The highest BCUT2D eigenvalue weighted by atomic mass is 31.1. The van der Waals surface area contributed by atoms with E-state index in [0.717, 1.165) is 4.57 Å². The first-order chi connectivity index (χ1) is 10.3. The summed E-state index contributed by atoms with van der Waals surface area (Å²) in [5.74, 6) is 0.0477. The second kappa shape index (κ2) is 6.78. The van der Waals surface area contributed by atoms with Gasteiger partial charge in [-0.1, -0.05) is 0 Å². The van der Waals surface area contributed by atoms with Crippen molar-refractivity contribution in [1.29, 1.82) is 0 Å². The van der Waals surface area contributed by atoms with Gasteiger partial charge in [-0.05, 0) is 13.0 Å². The lowest BCUT2D eigenvalue weighted by Gasteiger charge is -2.19. The Hall–Kier alpha value is -1.42. The van der Waals surface area contributed by atoms with Crippen LogP contribution in [0.5, 0.6) is 0 Å². The van der Waals surface area contributed by atoms with Crippen LogP contribution in [0, 0.1) is 0 Å². The molecule has 1 aromatic rings. The largest absolute Gasteiger partial charge is 0.695 e. The maximum Gasteiger partial charge on any atom is 0.695 e. The van der Waals surface area contributed by atoms with Gasteiger partial charge in [-0.25, -0.2) is 4.79 Å². The van der Waals surface area contributed by atoms with Crippen molar-refractivity contribution in [3.63, 3.8) is 0 Å². The minimum atomic E-state index is -2.94. The van der Waals surface area contributed by atoms with E-state index in [2.05, 4.69) is 4.98 Å². The van der Waals surface area contributed by atoms with E-state index in [1.165, 1.54) is 26.3 Å². The van der Waals surface area contributed by atoms with Gasteiger partial charge >= 0.3 is 13.9 Å². The zero-order valence-electron chi connectivity index (χ0n) is 11.9. The summed E-state index contributed by atoms with van der Waals surface area (Å²) in [5, 5.41) is 9.77. The number of aliphatic hydroxyl groups is 1. The smallest absolute Gasteiger partial charge is 0.391 e. The molecule has 0 aromatic carbocycles. The molecule has 1 aromatic heterocycles. The fourth-order valence-corrected chi connectivity index (χ4v) is 2.82. The van der Waals surface area contributed by atoms with E-state index >= 15 is 0 Å². The molecule has 4 N–H and O–H groups in total. The van der Waals surface area contributed by atoms with Gasteiger partial charge in [0.1, 0.15) is 18.0 Å². The van der Waals surface area contributed by atoms with Crippen molar-refractivity contribution >= 4 is 14.1 Å². The molecule has 2 heterocycles. The summed E-state index contributed by atoms with van der Waals surface area (Å²) in [6.07, 6.45) is -3.51. The molecular weight excluding hydrogens is 317 g/mol. The van der Waals surface area contributed by atoms with E-state index in [0.29, 0.717) is 0 Å². The molecule has 1 aliphatic rings. The molecule has 1 aliphatic heterocycles. The molecule has 2 rings (SSSR count). The molecule has 0 aliphatic carbocycles. The lowest BCUT2D eigenvalue weighted by molar-refractivity contribution is -0.0816. The van der Waals surface area contributed by atoms with Crippen LogP contribution in [0.15, 0.2) is 17.1 Å². The topological polar surface area (TPSA) is 146 Å². The minimum Gasteiger partial charge on any atom is -0.391 e. The summed E-state index contributed by atoms with van der Waals surface area (Å²) in [6.45, 7) is 1.44. The van der Waals surface area contributed by atoms with E-state index in [9.17, 15) is 14.5 Å². The van der Waals surface area contributed by atoms with Crippen LogP contribution in [-0.2, 0) is 18.6 Å². The van der Waals surface area contributed by atoms with Crippen LogP contribution >= 0.6 is 8.25 Å². The Balaban J connectivity index is 2.39. The average molecular weight is 334 g/mol. The standard InChI is InChI=1S/C11H16N3O7P/c1-5(15)7-8(21-22(17)18)9(19-2)10(20-7)14-4-3-6(12)13-11(14)16/h3-5,7-10,15H,1-2H3,(H2-,12,13,16,17,18)/p+1/t5-,7+,8-,9?,10+/m0/s1. The second-order valence-corrected chi connectivity index (χ2v) is 5.47. The lowest BCUT2D eigenvalue weighted by Crippen LogP contribution is -2.40. The molecule has 22 heavy (non-hydrogen) atoms. The van der Waals surface area contributed by atoms with Crippen LogP contribution in [0.1, 0.15) is 13.2 Å². The Bertz CT molecular complexity index is 608. The van der Waals surface area contributed by atoms with Crippen LogP contribution in [0.4, 0.5) is 5.82 Å². The number of hydrogen-bond donors (Lipinski definition) is 3. The van der Waals surface area contributed by atoms with Gasteiger partial charge in [0.2, 0.25) is 0 Å². The van der Waals surface area contributed by atoms with Crippen LogP contribution in [0.3, 0.4) is 0 Å². The Labute approximate surface area is 126 Å². The van der Waals surface area contributed by atoms with E-state index in [1.807, 2.05) is 0 Å². The highest BCUT2D eigenvalue weighted by Gasteiger charge is 2.52. The zero-order valence-corrected chi connectivity index (χ0v) is 12.8. The predicted octanol–water partition coefficient (Wildman–Crippen LogP) is -0.846. The number of anilines is 1. The third kappa shape index (κ3) is 3.32. The Morgan fingerprint density at radius 1 is 1.55 bits per heavy atom. The highest BCUT2D eigenvalue weighted by Crippen LogP contribution is 2.38. The average Bonchev–Trinajstić information content (AvgIpc) is 2.76. The van der Waals surface area contributed by atoms with Crippen molar-refractivity contribution in [1.82, 2.24) is 9.55 Å². The normalized spacial score (nSPS) is 30.3. The summed E-state index contributed by atoms with van der Waals surface area (Å²) in [7, 11) is -1.60. The maximum atomic E-state index is 11.9. The third-order valence-electron chi connectivity index (χ3n) is 3.31. The molecule has 10 nitrogen and oxygen atoms in total. The Morgan fingerprint density at radius 3 is 2.73 bits per heavy atom. The van der Waals surface area contributed by atoms with Crippen LogP contribution < -0.4 is 11.4 Å². The molecule has 0 radical (unpaired) electrons. The molecule has 0 bridgehead atoms. The molecule has 0 saturated carbocycles. The molecule has 6 atom stereocenters. The molecule has 1 saturated heterocycles. The number of nitrogen functional groups attached to an aromatic ring is 1. The van der Waals surface area contributed by atoms with E-state index in [4.69, 9.17) is 24.6 Å². The first-order valence-corrected chi connectivity index (χ1v) is 7.52. The number of aliphatic hydroxyl groups excluding tert-OH is 1. The number of rotatable bonds is 5. The van der Waals surface area contributed by atoms with Crippen molar-refractivity contribution < 1.29 is 28.6 Å². The number of ether oxygens (including phenoxy) is 2. The van der Waals surface area contributed by atoms with Crippen LogP contribution in [-0.4, -0.2) is 51.1 Å². The lowest BCUT2D eigenvalue weighted by atomic mass is 10.1. The van der Waals surface area contributed by atoms with Gasteiger partial charge in [0, 0.05) is 17.9 Å². The summed E-state index contributed by atoms with van der Waals surface area (Å²) in [6, 6.07) is 1.40. The number of hydrogen-bond acceptors (Lipinski definition) is 8. The SMILES string of the molecule is COC1[C@@H](O[P+](=O)O)[C@@H]([C@H](C)O)O[C@H]1n1ccc(N)nc1=O. The van der Waals surface area contributed by atoms with Gasteiger partial charge in [0.25, 0.3) is 0 Å². The van der Waals surface area contributed by atoms with Crippen molar-refractivity contribution in [2.24, 2.45) is 0 Å². The molecular formula is C11H17N3O7P+. The first-order valence-electron chi connectivity index (χ1n) is 6.39. The maximum absolute atomic E-state index is 11.9. The van der Waals surface area contributed by atoms with Crippen LogP contribution in [0.25, 0.3) is 0 Å². The quantitative estimate of drug-likeness (QED) is 0.586. The Kier molecular flexibility index (Phi) is 5.22. The van der Waals surface area contributed by atoms with Crippen molar-refractivity contribution in [2.45, 2.75) is 37.6 Å². The molecule has 11 heteroatoms. The van der Waals surface area contributed by atoms with Crippen molar-refractivity contribution in [3.8, 4) is 0 Å². The summed E-state index contributed by atoms with van der Waals surface area (Å²) >= 11 is 0. The second-order valence-electron chi connectivity index (χ2n) is 4.78. The van der Waals surface area contributed by atoms with Crippen molar-refractivity contribution in [2.75, 3.05) is 12.8 Å². The number of nitrogens with zero attached hydrogens (tertiary/aromatic N) is 2. The van der Waals surface area contributed by atoms with E-state index in [-0.39, 0.29) is 5.82 Å². The van der Waals surface area contributed by atoms with Gasteiger partial charge in [-0.2, -0.15) is 4.98 Å². The van der Waals surface area contributed by atoms with Crippen molar-refractivity contribution in [3.05, 3.63) is 22.7 Å². The third-order valence-corrected chi connectivity index (χ3v) is 3.73. The fraction of sp³-hybridized carbons (Fsp3) is 0.636. The number of aromatic nitrogens is 2. The van der Waals surface area contributed by atoms with Gasteiger partial charge in [-0.3, -0.25) is 4.57 Å². The fourth-order valence-electron chi connectivity index (χ4n) is 2.37. The van der Waals surface area contributed by atoms with E-state index in [1.54, 1.807) is 0 Å². The minimum absolute atomic E-state index is 0.0477. The molecule has 0 spiro atoms. The monoisotopic (exact) mass is 334 g/mol. The zero-order chi connectivity index (χ0) is 16.4. The predicted molar refractivity (Wildman–Crippen MR) is 74.0 cm³/mol. The van der Waals surface area contributed by atoms with Gasteiger partial charge in [0.05, 0.1) is 6.10 Å². The number of nitrogens with two attached hydrogens (primary N) is 1. The first kappa shape index (κ1) is 16.9. The molecule has 2 unspecified atom stereocenters. The molecule has 122 valence electrons. The summed E-state index contributed by atoms with van der Waals surface area (Å²) < 4.78 is 27.8. The van der Waals surface area contributed by atoms with Gasteiger partial charge < -0.3 is 20.3 Å². The van der Waals surface area contributed by atoms with Gasteiger partial charge in [-0.15, -0.1) is 9.42 Å². The van der Waals surface area contributed by atoms with Crippen LogP contribution in [0.2, 0.25) is 0 Å². The molecule has 0 amide bonds. The molecule has 1 fully saturated rings.